The van der Waals surface area contributed by atoms with Crippen LogP contribution in [0.15, 0.2) is 31.0 Å². The summed E-state index contributed by atoms with van der Waals surface area (Å²) in [6, 6.07) is 3.38. The zero-order valence-corrected chi connectivity index (χ0v) is 27.4. The van der Waals surface area contributed by atoms with Gasteiger partial charge in [-0.25, -0.2) is 15.0 Å². The molecule has 0 aliphatic carbocycles. The Bertz CT molecular complexity index is 1500. The first kappa shape index (κ1) is 33.2. The summed E-state index contributed by atoms with van der Waals surface area (Å²) >= 11 is 13.5. The molecular weight excluding hydrogens is 619 g/mol. The van der Waals surface area contributed by atoms with Gasteiger partial charge in [0.25, 0.3) is 0 Å². The zero-order chi connectivity index (χ0) is 31.9. The van der Waals surface area contributed by atoms with Gasteiger partial charge >= 0.3 is 0 Å². The summed E-state index contributed by atoms with van der Waals surface area (Å²) in [6.45, 7) is 8.27. The van der Waals surface area contributed by atoms with Crippen molar-refractivity contribution in [3.63, 3.8) is 0 Å². The van der Waals surface area contributed by atoms with Crippen LogP contribution < -0.4 is 20.1 Å². The Hall–Kier alpha value is -3.22. The number of nitrogens with zero attached hydrogens (tertiary/aromatic N) is 4. The fraction of sp³-hybridized carbons (Fsp3) is 0.500. The molecule has 11 nitrogen and oxygen atoms in total. The molecule has 1 unspecified atom stereocenters. The van der Waals surface area contributed by atoms with Gasteiger partial charge < -0.3 is 34.5 Å². The quantitative estimate of drug-likeness (QED) is 0.159. The maximum absolute atomic E-state index is 12.0. The van der Waals surface area contributed by atoms with Crippen LogP contribution in [0, 0.1) is 5.92 Å². The van der Waals surface area contributed by atoms with Gasteiger partial charge in [0.15, 0.2) is 11.6 Å². The smallest absolute Gasteiger partial charge is 0.223 e. The van der Waals surface area contributed by atoms with E-state index in [0.29, 0.717) is 82.4 Å². The van der Waals surface area contributed by atoms with Gasteiger partial charge in [-0.3, -0.25) is 4.79 Å². The van der Waals surface area contributed by atoms with Crippen LogP contribution in [0.5, 0.6) is 11.5 Å². The molecule has 2 saturated heterocycles. The van der Waals surface area contributed by atoms with Crippen molar-refractivity contribution < 1.29 is 23.7 Å². The third-order valence-corrected chi connectivity index (χ3v) is 9.11. The van der Waals surface area contributed by atoms with Gasteiger partial charge in [-0.15, -0.1) is 0 Å². The number of hydrogen-bond acceptors (Lipinski definition) is 11. The summed E-state index contributed by atoms with van der Waals surface area (Å²) < 4.78 is 22.2. The number of allylic oxidation sites excluding steroid dienone is 1. The lowest BCUT2D eigenvalue weighted by Gasteiger charge is -2.19. The van der Waals surface area contributed by atoms with E-state index >= 15 is 0 Å². The summed E-state index contributed by atoms with van der Waals surface area (Å²) in [5.74, 6) is 1.81. The van der Waals surface area contributed by atoms with Crippen LogP contribution in [0.1, 0.15) is 25.7 Å². The van der Waals surface area contributed by atoms with Gasteiger partial charge in [0.1, 0.15) is 17.0 Å². The molecule has 1 aromatic carbocycles. The van der Waals surface area contributed by atoms with Crippen molar-refractivity contribution in [2.75, 3.05) is 71.4 Å². The van der Waals surface area contributed by atoms with Crippen LogP contribution in [0.2, 0.25) is 10.0 Å². The van der Waals surface area contributed by atoms with Gasteiger partial charge in [-0.1, -0.05) is 29.8 Å². The molecule has 2 aliphatic rings. The lowest BCUT2D eigenvalue weighted by Crippen LogP contribution is -2.30. The fourth-order valence-electron chi connectivity index (χ4n) is 5.80. The number of hydrogen-bond donors (Lipinski definition) is 2. The Kier molecular flexibility index (Phi) is 11.3. The highest BCUT2D eigenvalue weighted by Crippen LogP contribution is 2.46. The topological polar surface area (TPSA) is 120 Å². The zero-order valence-electron chi connectivity index (χ0n) is 25.9. The minimum atomic E-state index is -0.111. The van der Waals surface area contributed by atoms with Gasteiger partial charge in [0, 0.05) is 62.3 Å². The number of pyridine rings is 1. The number of aromatic nitrogens is 3. The van der Waals surface area contributed by atoms with Crippen LogP contribution in [-0.2, 0) is 14.3 Å². The van der Waals surface area contributed by atoms with Crippen molar-refractivity contribution in [3.8, 4) is 22.8 Å². The molecule has 2 aliphatic heterocycles. The van der Waals surface area contributed by atoms with E-state index in [0.717, 1.165) is 44.3 Å². The molecule has 4 heterocycles. The molecule has 45 heavy (non-hydrogen) atoms. The van der Waals surface area contributed by atoms with E-state index in [1.807, 2.05) is 6.07 Å². The average molecular weight is 660 g/mol. The highest BCUT2D eigenvalue weighted by atomic mass is 35.5. The third kappa shape index (κ3) is 7.78. The predicted molar refractivity (Wildman–Crippen MR) is 177 cm³/mol. The van der Waals surface area contributed by atoms with E-state index in [1.165, 1.54) is 20.3 Å². The summed E-state index contributed by atoms with van der Waals surface area (Å²) in [4.78, 5) is 28.9. The summed E-state index contributed by atoms with van der Waals surface area (Å²) in [5, 5.41) is 8.25. The minimum absolute atomic E-state index is 0.00464. The van der Waals surface area contributed by atoms with Crippen LogP contribution in [0.25, 0.3) is 22.2 Å². The van der Waals surface area contributed by atoms with Crippen molar-refractivity contribution in [1.82, 2.24) is 19.9 Å². The minimum Gasteiger partial charge on any atom is -0.495 e. The number of rotatable bonds is 15. The van der Waals surface area contributed by atoms with Gasteiger partial charge in [0.05, 0.1) is 55.3 Å². The van der Waals surface area contributed by atoms with Gasteiger partial charge in [-0.2, -0.15) is 0 Å². The van der Waals surface area contributed by atoms with E-state index in [-0.39, 0.29) is 17.7 Å². The first-order valence-electron chi connectivity index (χ1n) is 15.1. The molecule has 3 aromatic rings. The molecule has 0 saturated carbocycles. The number of carbonyl (C=O) groups excluding carboxylic acids is 1. The van der Waals surface area contributed by atoms with Crippen molar-refractivity contribution in [1.29, 1.82) is 0 Å². The predicted octanol–water partition coefficient (Wildman–Crippen LogP) is 5.50. The van der Waals surface area contributed by atoms with Gasteiger partial charge in [-0.05, 0) is 37.9 Å². The third-order valence-electron chi connectivity index (χ3n) is 8.36. The lowest BCUT2D eigenvalue weighted by molar-refractivity contribution is -0.115. The van der Waals surface area contributed by atoms with E-state index in [4.69, 9.17) is 52.1 Å². The Morgan fingerprint density at radius 1 is 1.13 bits per heavy atom. The molecule has 0 bridgehead atoms. The molecule has 0 radical (unpaired) electrons. The molecule has 0 spiro atoms. The van der Waals surface area contributed by atoms with Crippen LogP contribution in [0.4, 0.5) is 11.8 Å². The molecule has 2 fully saturated rings. The Labute approximate surface area is 273 Å². The molecule has 13 heteroatoms. The maximum Gasteiger partial charge on any atom is 0.223 e. The first-order chi connectivity index (χ1) is 21.8. The van der Waals surface area contributed by atoms with Crippen LogP contribution in [-0.4, -0.2) is 98.5 Å². The number of nitrogens with one attached hydrogen (secondary N) is 2. The molecular formula is C32H40Cl2N6O5. The highest BCUT2D eigenvalue weighted by molar-refractivity contribution is 6.41. The monoisotopic (exact) mass is 658 g/mol. The summed E-state index contributed by atoms with van der Waals surface area (Å²) in [5.41, 5.74) is 1.65. The van der Waals surface area contributed by atoms with Crippen molar-refractivity contribution in [2.45, 2.75) is 37.8 Å². The number of carbonyl (C=O) groups is 1. The van der Waals surface area contributed by atoms with Crippen molar-refractivity contribution >= 4 is 51.7 Å². The molecule has 2 N–H and O–H groups in total. The first-order valence-corrected chi connectivity index (χ1v) is 15.9. The lowest BCUT2D eigenvalue weighted by atomic mass is 9.97. The number of unbranched alkanes of at least 4 members (excludes halogenated alkanes) is 1. The second kappa shape index (κ2) is 15.4. The average Bonchev–Trinajstić information content (AvgIpc) is 3.70. The van der Waals surface area contributed by atoms with Gasteiger partial charge in [0.2, 0.25) is 5.95 Å². The largest absolute Gasteiger partial charge is 0.495 e. The fourth-order valence-corrected chi connectivity index (χ4v) is 6.49. The van der Waals surface area contributed by atoms with Crippen LogP contribution in [0.3, 0.4) is 0 Å². The van der Waals surface area contributed by atoms with Crippen LogP contribution >= 0.6 is 23.2 Å². The summed E-state index contributed by atoms with van der Waals surface area (Å²) in [7, 11) is 4.85. The van der Waals surface area contributed by atoms with Crippen molar-refractivity contribution in [3.05, 3.63) is 41.0 Å². The van der Waals surface area contributed by atoms with E-state index in [2.05, 4.69) is 27.1 Å². The number of ketones is 1. The standard InChI is InChI=1S/C32H40Cl2N6O5/c1-5-21(41)12-20-17-45-18-24(20)38-32-36-15-19-13-23(27-28(33)25(43-3)14-26(44-4)29(27)34)37-31(30(19)39-32)35-9-6-7-10-40-11-8-22(16-40)42-2/h5,13-15,20,22,24H,1,6-12,16-18H2,2-4H3,(H,35,37)(H,36,38,39)/t20-,22?,24+/m0/s1. The van der Waals surface area contributed by atoms with Crippen molar-refractivity contribution in [2.24, 2.45) is 5.92 Å². The Balaban J connectivity index is 1.42. The number of methoxy groups -OCH3 is 3. The Morgan fingerprint density at radius 3 is 2.60 bits per heavy atom. The highest BCUT2D eigenvalue weighted by Gasteiger charge is 2.30. The SMILES string of the molecule is C=CC(=O)C[C@H]1COC[C@H]1Nc1ncc2cc(-c3c(Cl)c(OC)cc(OC)c3Cl)nc(NCCCCN3CCC(OC)C3)c2n1. The van der Waals surface area contributed by atoms with E-state index in [9.17, 15) is 4.79 Å². The van der Waals surface area contributed by atoms with E-state index < -0.39 is 0 Å². The molecule has 5 rings (SSSR count). The second-order valence-electron chi connectivity index (χ2n) is 11.3. The number of ether oxygens (including phenoxy) is 4. The Morgan fingerprint density at radius 2 is 1.91 bits per heavy atom. The number of anilines is 2. The number of fused-ring (bicyclic) bond motifs is 1. The molecule has 0 amide bonds. The number of benzene rings is 1. The molecule has 3 atom stereocenters. The maximum atomic E-state index is 12.0. The van der Waals surface area contributed by atoms with E-state index in [1.54, 1.807) is 19.4 Å². The summed E-state index contributed by atoms with van der Waals surface area (Å²) in [6.07, 6.45) is 6.80. The number of halogens is 2. The molecule has 242 valence electrons. The normalized spacial score (nSPS) is 20.0. The second-order valence-corrected chi connectivity index (χ2v) is 12.0. The number of likely N-dealkylation sites (tertiary alicyclic amines) is 1. The molecule has 2 aromatic heterocycles.